The third-order valence-corrected chi connectivity index (χ3v) is 9.02. The van der Waals surface area contributed by atoms with E-state index in [1.165, 1.54) is 0 Å². The first kappa shape index (κ1) is 30.5. The number of anilines is 2. The van der Waals surface area contributed by atoms with E-state index < -0.39 is 5.79 Å². The fraction of sp³-hybridized carbons (Fsp3) is 0.394. The van der Waals surface area contributed by atoms with Gasteiger partial charge >= 0.3 is 5.69 Å². The molecule has 3 heterocycles. The van der Waals surface area contributed by atoms with Gasteiger partial charge in [-0.2, -0.15) is 5.10 Å². The van der Waals surface area contributed by atoms with Crippen LogP contribution in [0.1, 0.15) is 38.8 Å². The lowest BCUT2D eigenvalue weighted by atomic mass is 10.1. The molecule has 11 heteroatoms. The van der Waals surface area contributed by atoms with Crippen LogP contribution in [0.25, 0.3) is 5.69 Å². The summed E-state index contributed by atoms with van der Waals surface area (Å²) < 4.78 is 21.3. The molecule has 3 atom stereocenters. The molecule has 0 radical (unpaired) electrons. The molecular formula is C33H37Cl2N5O4. The number of aromatic nitrogens is 3. The monoisotopic (exact) mass is 637 g/mol. The van der Waals surface area contributed by atoms with Gasteiger partial charge in [-0.1, -0.05) is 36.2 Å². The zero-order valence-corrected chi connectivity index (χ0v) is 26.7. The Balaban J connectivity index is 0.991. The topological polar surface area (TPSA) is 74.0 Å². The number of ether oxygens (including phenoxy) is 3. The molecule has 4 aromatic rings. The van der Waals surface area contributed by atoms with E-state index in [0.717, 1.165) is 61.0 Å². The zero-order chi connectivity index (χ0) is 30.8. The minimum atomic E-state index is -0.944. The van der Waals surface area contributed by atoms with Gasteiger partial charge in [0.1, 0.15) is 24.8 Å². The molecule has 1 aromatic heterocycles. The lowest BCUT2D eigenvalue weighted by molar-refractivity contribution is -0.164. The van der Waals surface area contributed by atoms with E-state index in [0.29, 0.717) is 23.3 Å². The van der Waals surface area contributed by atoms with E-state index in [1.807, 2.05) is 51.1 Å². The number of hydrogen-bond donors (Lipinski definition) is 0. The Morgan fingerprint density at radius 1 is 0.955 bits per heavy atom. The standard InChI is InChI=1S/C33H37Cl2N5O4/c1-4-23(2)40-32(41)39(22-36-40)27-8-6-25(7-9-27)37-15-17-38(18-16-37)26-10-12-28(13-11-26)42-20-29-21-43-33(3,44-29)30-14-5-24(34)19-31(30)35/h5-14,19,22-23,29H,4,15-18,20-21H2,1-3H3/t23-,29-,33-/m0/s1. The van der Waals surface area contributed by atoms with Crippen molar-refractivity contribution in [3.05, 3.63) is 99.2 Å². The second kappa shape index (κ2) is 12.9. The smallest absolute Gasteiger partial charge is 0.350 e. The molecule has 3 aromatic carbocycles. The van der Waals surface area contributed by atoms with Crippen LogP contribution in [-0.4, -0.2) is 59.8 Å². The van der Waals surface area contributed by atoms with Crippen molar-refractivity contribution in [3.63, 3.8) is 0 Å². The minimum Gasteiger partial charge on any atom is -0.491 e. The van der Waals surface area contributed by atoms with E-state index in [4.69, 9.17) is 37.4 Å². The Morgan fingerprint density at radius 3 is 2.18 bits per heavy atom. The van der Waals surface area contributed by atoms with Crippen LogP contribution in [0.4, 0.5) is 11.4 Å². The minimum absolute atomic E-state index is 0.0725. The van der Waals surface area contributed by atoms with Crippen LogP contribution in [0.3, 0.4) is 0 Å². The maximum absolute atomic E-state index is 12.8. The summed E-state index contributed by atoms with van der Waals surface area (Å²) >= 11 is 12.4. The molecule has 2 saturated heterocycles. The second-order valence-electron chi connectivity index (χ2n) is 11.4. The Bertz CT molecular complexity index is 1630. The molecule has 9 nitrogen and oxygen atoms in total. The van der Waals surface area contributed by atoms with Crippen molar-refractivity contribution in [2.75, 3.05) is 49.2 Å². The van der Waals surface area contributed by atoms with E-state index >= 15 is 0 Å². The molecule has 6 rings (SSSR count). The summed E-state index contributed by atoms with van der Waals surface area (Å²) in [7, 11) is 0. The van der Waals surface area contributed by atoms with Gasteiger partial charge in [0.25, 0.3) is 0 Å². The number of piperazine rings is 1. The van der Waals surface area contributed by atoms with Crippen LogP contribution in [0.15, 0.2) is 77.9 Å². The first-order valence-electron chi connectivity index (χ1n) is 15.0. The summed E-state index contributed by atoms with van der Waals surface area (Å²) in [6, 6.07) is 21.7. The van der Waals surface area contributed by atoms with Crippen LogP contribution < -0.4 is 20.2 Å². The molecule has 44 heavy (non-hydrogen) atoms. The van der Waals surface area contributed by atoms with Crippen molar-refractivity contribution in [1.82, 2.24) is 14.3 Å². The second-order valence-corrected chi connectivity index (χ2v) is 12.2. The van der Waals surface area contributed by atoms with Crippen LogP contribution >= 0.6 is 23.2 Å². The third-order valence-electron chi connectivity index (χ3n) is 8.47. The van der Waals surface area contributed by atoms with Gasteiger partial charge in [0.05, 0.1) is 23.4 Å². The summed E-state index contributed by atoms with van der Waals surface area (Å²) in [6.45, 7) is 10.3. The maximum atomic E-state index is 12.8. The lowest BCUT2D eigenvalue weighted by Gasteiger charge is -2.37. The average Bonchev–Trinajstić information content (AvgIpc) is 3.62. The van der Waals surface area contributed by atoms with Gasteiger partial charge in [0.15, 0.2) is 5.79 Å². The number of benzene rings is 3. The first-order chi connectivity index (χ1) is 21.2. The summed E-state index contributed by atoms with van der Waals surface area (Å²) in [5.74, 6) is -0.163. The SMILES string of the molecule is CC[C@H](C)n1ncn(-c2ccc(N3CCN(c4ccc(OC[C@H]5CO[C@](C)(c6ccc(Cl)cc6Cl)O5)cc4)CC3)cc2)c1=O. The van der Waals surface area contributed by atoms with Crippen LogP contribution in [0.5, 0.6) is 5.75 Å². The predicted octanol–water partition coefficient (Wildman–Crippen LogP) is 6.31. The lowest BCUT2D eigenvalue weighted by Crippen LogP contribution is -2.46. The molecule has 0 unspecified atom stereocenters. The first-order valence-corrected chi connectivity index (χ1v) is 15.8. The quantitative estimate of drug-likeness (QED) is 0.213. The molecule has 232 valence electrons. The molecular weight excluding hydrogens is 601 g/mol. The molecule has 0 saturated carbocycles. The van der Waals surface area contributed by atoms with E-state index in [1.54, 1.807) is 27.7 Å². The van der Waals surface area contributed by atoms with Gasteiger partial charge in [-0.05, 0) is 80.9 Å². The highest BCUT2D eigenvalue weighted by molar-refractivity contribution is 6.35. The summed E-state index contributed by atoms with van der Waals surface area (Å²) in [4.78, 5) is 17.5. The number of halogens is 2. The normalized spacial score (nSPS) is 21.1. The van der Waals surface area contributed by atoms with Crippen molar-refractivity contribution in [2.45, 2.75) is 45.1 Å². The Hall–Kier alpha value is -3.50. The number of hydrogen-bond acceptors (Lipinski definition) is 7. The predicted molar refractivity (Wildman–Crippen MR) is 174 cm³/mol. The van der Waals surface area contributed by atoms with E-state index in [-0.39, 0.29) is 17.8 Å². The average molecular weight is 639 g/mol. The molecule has 2 fully saturated rings. The molecule has 0 amide bonds. The molecule has 2 aliphatic heterocycles. The summed E-state index contributed by atoms with van der Waals surface area (Å²) in [5, 5.41) is 5.37. The molecule has 0 bridgehead atoms. The molecule has 0 spiro atoms. The molecule has 0 aliphatic carbocycles. The van der Waals surface area contributed by atoms with Gasteiger partial charge in [-0.15, -0.1) is 0 Å². The molecule has 2 aliphatic rings. The van der Waals surface area contributed by atoms with Gasteiger partial charge in [-0.3, -0.25) is 0 Å². The highest BCUT2D eigenvalue weighted by atomic mass is 35.5. The largest absolute Gasteiger partial charge is 0.491 e. The van der Waals surface area contributed by atoms with Gasteiger partial charge in [0, 0.05) is 48.1 Å². The summed E-state index contributed by atoms with van der Waals surface area (Å²) in [5.41, 5.74) is 3.76. The maximum Gasteiger partial charge on any atom is 0.350 e. The fourth-order valence-corrected chi connectivity index (χ4v) is 6.26. The number of rotatable bonds is 9. The van der Waals surface area contributed by atoms with Crippen molar-refractivity contribution in [3.8, 4) is 11.4 Å². The van der Waals surface area contributed by atoms with Crippen LogP contribution in [0.2, 0.25) is 10.0 Å². The van der Waals surface area contributed by atoms with Crippen molar-refractivity contribution < 1.29 is 14.2 Å². The van der Waals surface area contributed by atoms with Gasteiger partial charge < -0.3 is 24.0 Å². The van der Waals surface area contributed by atoms with Crippen LogP contribution in [-0.2, 0) is 15.3 Å². The highest BCUT2D eigenvalue weighted by Gasteiger charge is 2.40. The Kier molecular flexibility index (Phi) is 8.91. The zero-order valence-electron chi connectivity index (χ0n) is 25.2. The van der Waals surface area contributed by atoms with E-state index in [9.17, 15) is 4.79 Å². The van der Waals surface area contributed by atoms with E-state index in [2.05, 4.69) is 39.2 Å². The highest BCUT2D eigenvalue weighted by Crippen LogP contribution is 2.38. The number of nitrogens with zero attached hydrogens (tertiary/aromatic N) is 5. The van der Waals surface area contributed by atoms with Crippen molar-refractivity contribution >= 4 is 34.6 Å². The van der Waals surface area contributed by atoms with Gasteiger partial charge in [0.2, 0.25) is 0 Å². The van der Waals surface area contributed by atoms with Crippen molar-refractivity contribution in [2.24, 2.45) is 0 Å². The van der Waals surface area contributed by atoms with Crippen molar-refractivity contribution in [1.29, 1.82) is 0 Å². The Labute approximate surface area is 267 Å². The fourth-order valence-electron chi connectivity index (χ4n) is 5.68. The Morgan fingerprint density at radius 2 is 1.57 bits per heavy atom. The van der Waals surface area contributed by atoms with Crippen LogP contribution in [0, 0.1) is 0 Å². The third kappa shape index (κ3) is 6.33. The molecule has 0 N–H and O–H groups in total. The summed E-state index contributed by atoms with van der Waals surface area (Å²) in [6.07, 6.45) is 2.23. The van der Waals surface area contributed by atoms with Gasteiger partial charge in [-0.25, -0.2) is 14.0 Å².